The van der Waals surface area contributed by atoms with Gasteiger partial charge in [0.05, 0.1) is 17.1 Å². The number of para-hydroxylation sites is 2. The first-order valence-corrected chi connectivity index (χ1v) is 11.2. The van der Waals surface area contributed by atoms with Crippen molar-refractivity contribution < 1.29 is 4.79 Å². The molecule has 0 fully saturated rings. The van der Waals surface area contributed by atoms with E-state index in [0.717, 1.165) is 35.6 Å². The summed E-state index contributed by atoms with van der Waals surface area (Å²) in [6.45, 7) is 4.88. The number of carbonyl (C=O) groups is 1. The van der Waals surface area contributed by atoms with E-state index in [1.54, 1.807) is 11.8 Å². The molecule has 0 radical (unpaired) electrons. The second-order valence-corrected chi connectivity index (χ2v) is 8.52. The average Bonchev–Trinajstić information content (AvgIpc) is 3.04. The summed E-state index contributed by atoms with van der Waals surface area (Å²) in [6.07, 6.45) is 3.50. The Balaban J connectivity index is 1.99. The fourth-order valence-corrected chi connectivity index (χ4v) is 3.89. The standard InChI is InChI=1S/C23H29N3OS/c1-17(2)15-22(27)24-20(13-14-28-3)23-25-19-11-7-8-12-21(19)26(23)16-18-9-5-4-6-10-18/h4-12,17,20H,13-16H2,1-3H3,(H,24,27)/t20-/m1/s1. The van der Waals surface area contributed by atoms with Crippen LogP contribution in [-0.4, -0.2) is 27.5 Å². The van der Waals surface area contributed by atoms with Crippen LogP contribution in [0.2, 0.25) is 0 Å². The molecule has 3 aromatic rings. The van der Waals surface area contributed by atoms with Crippen molar-refractivity contribution in [1.82, 2.24) is 14.9 Å². The summed E-state index contributed by atoms with van der Waals surface area (Å²) in [5, 5.41) is 3.25. The Labute approximate surface area is 171 Å². The van der Waals surface area contributed by atoms with Crippen LogP contribution in [-0.2, 0) is 11.3 Å². The summed E-state index contributed by atoms with van der Waals surface area (Å²) in [6, 6.07) is 18.5. The molecule has 5 heteroatoms. The summed E-state index contributed by atoms with van der Waals surface area (Å²) < 4.78 is 2.26. The predicted molar refractivity (Wildman–Crippen MR) is 119 cm³/mol. The quantitative estimate of drug-likeness (QED) is 0.552. The zero-order valence-corrected chi connectivity index (χ0v) is 17.7. The molecule has 0 aliphatic carbocycles. The second kappa shape index (κ2) is 9.78. The molecule has 2 aromatic carbocycles. The van der Waals surface area contributed by atoms with Crippen molar-refractivity contribution in [3.63, 3.8) is 0 Å². The van der Waals surface area contributed by atoms with Gasteiger partial charge in [-0.2, -0.15) is 11.8 Å². The van der Waals surface area contributed by atoms with Crippen molar-refractivity contribution >= 4 is 28.7 Å². The lowest BCUT2D eigenvalue weighted by molar-refractivity contribution is -0.122. The minimum Gasteiger partial charge on any atom is -0.346 e. The van der Waals surface area contributed by atoms with Gasteiger partial charge in [-0.05, 0) is 42.0 Å². The first-order valence-electron chi connectivity index (χ1n) is 9.86. The van der Waals surface area contributed by atoms with E-state index in [0.29, 0.717) is 12.3 Å². The Hall–Kier alpha value is -2.27. The molecule has 0 bridgehead atoms. The zero-order chi connectivity index (χ0) is 19.9. The highest BCUT2D eigenvalue weighted by atomic mass is 32.2. The van der Waals surface area contributed by atoms with Crippen LogP contribution in [0.5, 0.6) is 0 Å². The number of fused-ring (bicyclic) bond motifs is 1. The molecule has 3 rings (SSSR count). The molecule has 1 amide bonds. The topological polar surface area (TPSA) is 46.9 Å². The number of rotatable bonds is 9. The molecule has 0 aliphatic rings. The van der Waals surface area contributed by atoms with E-state index in [1.807, 2.05) is 24.3 Å². The Morgan fingerprint density at radius 3 is 2.54 bits per heavy atom. The number of imidazole rings is 1. The molecular weight excluding hydrogens is 366 g/mol. The largest absolute Gasteiger partial charge is 0.346 e. The van der Waals surface area contributed by atoms with Crippen molar-refractivity contribution in [2.45, 2.75) is 39.3 Å². The zero-order valence-electron chi connectivity index (χ0n) is 16.9. The molecule has 0 saturated carbocycles. The van der Waals surface area contributed by atoms with Gasteiger partial charge in [0, 0.05) is 13.0 Å². The lowest BCUT2D eigenvalue weighted by Crippen LogP contribution is -2.31. The van der Waals surface area contributed by atoms with Crippen LogP contribution in [0, 0.1) is 5.92 Å². The summed E-state index contributed by atoms with van der Waals surface area (Å²) in [5.74, 6) is 2.35. The van der Waals surface area contributed by atoms with Gasteiger partial charge in [-0.15, -0.1) is 0 Å². The van der Waals surface area contributed by atoms with E-state index in [2.05, 4.69) is 60.3 Å². The normalized spacial score (nSPS) is 12.4. The average molecular weight is 396 g/mol. The Morgan fingerprint density at radius 1 is 1.11 bits per heavy atom. The number of benzene rings is 2. The van der Waals surface area contributed by atoms with E-state index >= 15 is 0 Å². The monoisotopic (exact) mass is 395 g/mol. The van der Waals surface area contributed by atoms with E-state index in [4.69, 9.17) is 4.98 Å². The molecule has 0 aliphatic heterocycles. The number of thioether (sulfide) groups is 1. The molecule has 0 saturated heterocycles. The number of amides is 1. The summed E-state index contributed by atoms with van der Waals surface area (Å²) in [7, 11) is 0. The first-order chi connectivity index (χ1) is 13.6. The van der Waals surface area contributed by atoms with Gasteiger partial charge in [0.1, 0.15) is 5.82 Å². The summed E-state index contributed by atoms with van der Waals surface area (Å²) in [5.41, 5.74) is 3.30. The molecule has 4 nitrogen and oxygen atoms in total. The number of carbonyl (C=O) groups excluding carboxylic acids is 1. The Bertz CT molecular complexity index is 905. The first kappa shape index (κ1) is 20.5. The fourth-order valence-electron chi connectivity index (χ4n) is 3.42. The molecular formula is C23H29N3OS. The Kier molecular flexibility index (Phi) is 7.15. The maximum Gasteiger partial charge on any atom is 0.220 e. The third kappa shape index (κ3) is 5.16. The number of nitrogens with one attached hydrogen (secondary N) is 1. The van der Waals surface area contributed by atoms with Crippen molar-refractivity contribution in [1.29, 1.82) is 0 Å². The third-order valence-corrected chi connectivity index (χ3v) is 5.36. The van der Waals surface area contributed by atoms with Crippen molar-refractivity contribution in [2.24, 2.45) is 5.92 Å². The van der Waals surface area contributed by atoms with Crippen molar-refractivity contribution in [3.05, 3.63) is 66.0 Å². The van der Waals surface area contributed by atoms with E-state index in [1.165, 1.54) is 5.56 Å². The number of nitrogens with zero attached hydrogens (tertiary/aromatic N) is 2. The van der Waals surface area contributed by atoms with Gasteiger partial charge in [-0.25, -0.2) is 4.98 Å². The second-order valence-electron chi connectivity index (χ2n) is 7.53. The van der Waals surface area contributed by atoms with Gasteiger partial charge in [-0.1, -0.05) is 56.3 Å². The van der Waals surface area contributed by atoms with E-state index < -0.39 is 0 Å². The van der Waals surface area contributed by atoms with Crippen molar-refractivity contribution in [3.8, 4) is 0 Å². The molecule has 1 atom stereocenters. The molecule has 1 N–H and O–H groups in total. The van der Waals surface area contributed by atoms with Gasteiger partial charge in [0.15, 0.2) is 0 Å². The van der Waals surface area contributed by atoms with Gasteiger partial charge in [0.25, 0.3) is 0 Å². The van der Waals surface area contributed by atoms with Gasteiger partial charge in [0.2, 0.25) is 5.91 Å². The lowest BCUT2D eigenvalue weighted by Gasteiger charge is -2.20. The van der Waals surface area contributed by atoms with Gasteiger partial charge < -0.3 is 9.88 Å². The lowest BCUT2D eigenvalue weighted by atomic mass is 10.1. The van der Waals surface area contributed by atoms with Crippen LogP contribution in [0.1, 0.15) is 44.1 Å². The molecule has 28 heavy (non-hydrogen) atoms. The molecule has 1 heterocycles. The maximum absolute atomic E-state index is 12.5. The van der Waals surface area contributed by atoms with Crippen LogP contribution >= 0.6 is 11.8 Å². The molecule has 0 spiro atoms. The van der Waals surface area contributed by atoms with E-state index in [9.17, 15) is 4.79 Å². The number of aromatic nitrogens is 2. The van der Waals surface area contributed by atoms with Gasteiger partial charge >= 0.3 is 0 Å². The maximum atomic E-state index is 12.5. The predicted octanol–water partition coefficient (Wildman–Crippen LogP) is 5.04. The molecule has 148 valence electrons. The highest BCUT2D eigenvalue weighted by Crippen LogP contribution is 2.25. The third-order valence-electron chi connectivity index (χ3n) is 4.72. The minimum atomic E-state index is -0.0881. The highest BCUT2D eigenvalue weighted by molar-refractivity contribution is 7.98. The summed E-state index contributed by atoms with van der Waals surface area (Å²) >= 11 is 1.79. The molecule has 1 aromatic heterocycles. The number of hydrogen-bond donors (Lipinski definition) is 1. The molecule has 0 unspecified atom stereocenters. The minimum absolute atomic E-state index is 0.0881. The Morgan fingerprint density at radius 2 is 1.82 bits per heavy atom. The van der Waals surface area contributed by atoms with Crippen LogP contribution in [0.3, 0.4) is 0 Å². The highest BCUT2D eigenvalue weighted by Gasteiger charge is 2.22. The van der Waals surface area contributed by atoms with Crippen LogP contribution in [0.15, 0.2) is 54.6 Å². The van der Waals surface area contributed by atoms with E-state index in [-0.39, 0.29) is 11.9 Å². The van der Waals surface area contributed by atoms with Crippen LogP contribution in [0.4, 0.5) is 0 Å². The smallest absolute Gasteiger partial charge is 0.220 e. The summed E-state index contributed by atoms with van der Waals surface area (Å²) in [4.78, 5) is 17.5. The van der Waals surface area contributed by atoms with Crippen molar-refractivity contribution in [2.75, 3.05) is 12.0 Å². The fraction of sp³-hybridized carbons (Fsp3) is 0.391. The van der Waals surface area contributed by atoms with Crippen LogP contribution in [0.25, 0.3) is 11.0 Å². The number of hydrogen-bond acceptors (Lipinski definition) is 3. The van der Waals surface area contributed by atoms with Gasteiger partial charge in [-0.3, -0.25) is 4.79 Å². The van der Waals surface area contributed by atoms with Crippen LogP contribution < -0.4 is 5.32 Å². The SMILES string of the molecule is CSCC[C@@H](NC(=O)CC(C)C)c1nc2ccccc2n1Cc1ccccc1.